The van der Waals surface area contributed by atoms with Gasteiger partial charge < -0.3 is 9.13 Å². The van der Waals surface area contributed by atoms with Crippen molar-refractivity contribution in [2.24, 2.45) is 0 Å². The molecule has 312 valence electrons. The van der Waals surface area contributed by atoms with Crippen LogP contribution in [0.15, 0.2) is 177 Å². The van der Waals surface area contributed by atoms with E-state index in [4.69, 9.17) is 6.57 Å². The van der Waals surface area contributed by atoms with Crippen LogP contribution in [0.25, 0.3) is 117 Å². The summed E-state index contributed by atoms with van der Waals surface area (Å²) in [4.78, 5) is 41.0. The molecule has 0 aliphatic rings. The minimum atomic E-state index is 0.430. The quantitative estimate of drug-likeness (QED) is 0.143. The van der Waals surface area contributed by atoms with Crippen molar-refractivity contribution in [2.45, 2.75) is 6.92 Å². The third-order valence-electron chi connectivity index (χ3n) is 12.0. The highest BCUT2D eigenvalue weighted by Gasteiger charge is 2.24. The molecular weight excluding hydrogens is 829 g/mol. The van der Waals surface area contributed by atoms with Crippen molar-refractivity contribution in [3.05, 3.63) is 200 Å². The predicted octanol–water partition coefficient (Wildman–Crippen LogP) is 12.1. The lowest BCUT2D eigenvalue weighted by molar-refractivity contribution is 1.10. The van der Waals surface area contributed by atoms with Gasteiger partial charge in [0.05, 0.1) is 51.6 Å². The highest BCUT2D eigenvalue weighted by atomic mass is 15.1. The third kappa shape index (κ3) is 6.60. The van der Waals surface area contributed by atoms with E-state index >= 15 is 0 Å². The highest BCUT2D eigenvalue weighted by molar-refractivity contribution is 6.14. The molecule has 67 heavy (non-hydrogen) atoms. The maximum absolute atomic E-state index is 10.1. The minimum Gasteiger partial charge on any atom is -0.308 e. The van der Waals surface area contributed by atoms with Gasteiger partial charge in [-0.25, -0.2) is 44.7 Å². The van der Waals surface area contributed by atoms with Gasteiger partial charge in [0.2, 0.25) is 0 Å². The molecule has 12 heteroatoms. The molecule has 0 fully saturated rings. The zero-order chi connectivity index (χ0) is 45.0. The summed E-state index contributed by atoms with van der Waals surface area (Å²) in [6, 6.07) is 44.4. The van der Waals surface area contributed by atoms with Crippen LogP contribution in [0.1, 0.15) is 11.1 Å². The summed E-state index contributed by atoms with van der Waals surface area (Å²) in [6.45, 7) is 10.7. The summed E-state index contributed by atoms with van der Waals surface area (Å²) >= 11 is 0. The van der Waals surface area contributed by atoms with E-state index < -0.39 is 0 Å². The predicted molar refractivity (Wildman–Crippen MR) is 260 cm³/mol. The lowest BCUT2D eigenvalue weighted by atomic mass is 9.97. The number of hydrogen-bond acceptors (Lipinski definition) is 9. The van der Waals surface area contributed by atoms with E-state index in [1.807, 2.05) is 55.5 Å². The Hall–Kier alpha value is -9.78. The topological polar surface area (TPSA) is 141 Å². The average molecular weight is 861 g/mol. The summed E-state index contributed by atoms with van der Waals surface area (Å²) in [7, 11) is 0. The minimum absolute atomic E-state index is 0.430. The number of benzene rings is 6. The van der Waals surface area contributed by atoms with E-state index in [-0.39, 0.29) is 0 Å². The van der Waals surface area contributed by atoms with Crippen LogP contribution in [0.4, 0.5) is 5.69 Å². The molecule has 0 saturated heterocycles. The van der Waals surface area contributed by atoms with E-state index in [9.17, 15) is 5.26 Å². The fourth-order valence-corrected chi connectivity index (χ4v) is 9.17. The van der Waals surface area contributed by atoms with Gasteiger partial charge in [0, 0.05) is 93.4 Å². The molecule has 12 rings (SSSR count). The molecule has 0 amide bonds. The van der Waals surface area contributed by atoms with E-state index in [1.54, 1.807) is 73.8 Å². The van der Waals surface area contributed by atoms with Crippen LogP contribution in [0.5, 0.6) is 0 Å². The number of hydrogen-bond donors (Lipinski definition) is 0. The number of rotatable bonds is 7. The summed E-state index contributed by atoms with van der Waals surface area (Å²) in [6.07, 6.45) is 13.9. The van der Waals surface area contributed by atoms with Crippen LogP contribution in [-0.2, 0) is 0 Å². The van der Waals surface area contributed by atoms with Gasteiger partial charge in [0.15, 0.2) is 29.0 Å². The first kappa shape index (κ1) is 38.9. The third-order valence-corrected chi connectivity index (χ3v) is 12.0. The molecular formula is C55H32N12. The van der Waals surface area contributed by atoms with Gasteiger partial charge in [-0.3, -0.25) is 0 Å². The van der Waals surface area contributed by atoms with Crippen molar-refractivity contribution in [1.29, 1.82) is 5.26 Å². The van der Waals surface area contributed by atoms with E-state index in [0.717, 1.165) is 88.4 Å². The normalized spacial score (nSPS) is 11.3. The van der Waals surface area contributed by atoms with Crippen LogP contribution in [0.3, 0.4) is 0 Å². The molecule has 6 aromatic heterocycles. The second kappa shape index (κ2) is 15.8. The SMILES string of the molecule is [C-]#[N+]c1cc(-n2c3ccc(-c4ncccn4)cc3c3cc(-c4ncccn4)ccc32)c(-n2c3ccc(-c4ncccn4)cc3c3cc(-c4ncccn4)ccc32)cc1-c1cc(C)cc(C#N)c1. The molecule has 0 radical (unpaired) electrons. The van der Waals surface area contributed by atoms with Crippen molar-refractivity contribution in [2.75, 3.05) is 0 Å². The van der Waals surface area contributed by atoms with Crippen molar-refractivity contribution < 1.29 is 0 Å². The van der Waals surface area contributed by atoms with Gasteiger partial charge in [-0.1, -0.05) is 6.07 Å². The molecule has 0 aliphatic carbocycles. The highest BCUT2D eigenvalue weighted by Crippen LogP contribution is 2.45. The summed E-state index contributed by atoms with van der Waals surface area (Å²) in [5, 5.41) is 13.9. The molecule has 6 aromatic carbocycles. The van der Waals surface area contributed by atoms with Gasteiger partial charge in [0.25, 0.3) is 0 Å². The van der Waals surface area contributed by atoms with Crippen molar-refractivity contribution in [1.82, 2.24) is 49.0 Å². The number of aryl methyl sites for hydroxylation is 1. The smallest absolute Gasteiger partial charge is 0.197 e. The molecule has 0 saturated carbocycles. The number of fused-ring (bicyclic) bond motifs is 6. The molecule has 0 bridgehead atoms. The van der Waals surface area contributed by atoms with Crippen LogP contribution in [0, 0.1) is 24.8 Å². The first-order valence-electron chi connectivity index (χ1n) is 21.4. The lowest BCUT2D eigenvalue weighted by Crippen LogP contribution is -2.04. The molecule has 12 nitrogen and oxygen atoms in total. The molecule has 0 spiro atoms. The Bertz CT molecular complexity index is 3810. The van der Waals surface area contributed by atoms with E-state index in [0.29, 0.717) is 40.1 Å². The monoisotopic (exact) mass is 860 g/mol. The second-order valence-corrected chi connectivity index (χ2v) is 16.1. The first-order chi connectivity index (χ1) is 33.0. The Labute approximate surface area is 382 Å². The Morgan fingerprint density at radius 3 is 1.13 bits per heavy atom. The van der Waals surface area contributed by atoms with Gasteiger partial charge in [-0.15, -0.1) is 0 Å². The van der Waals surface area contributed by atoms with E-state index in [1.165, 1.54) is 0 Å². The van der Waals surface area contributed by atoms with Crippen LogP contribution >= 0.6 is 0 Å². The maximum atomic E-state index is 10.1. The van der Waals surface area contributed by atoms with Crippen LogP contribution < -0.4 is 0 Å². The number of aromatic nitrogens is 10. The molecule has 0 N–H and O–H groups in total. The zero-order valence-corrected chi connectivity index (χ0v) is 35.6. The molecule has 6 heterocycles. The molecule has 12 aromatic rings. The van der Waals surface area contributed by atoms with Crippen LogP contribution in [0.2, 0.25) is 0 Å². The Morgan fingerprint density at radius 2 is 0.791 bits per heavy atom. The Kier molecular flexibility index (Phi) is 9.15. The molecule has 0 aliphatic heterocycles. The Morgan fingerprint density at radius 1 is 0.433 bits per heavy atom. The molecule has 0 atom stereocenters. The first-order valence-corrected chi connectivity index (χ1v) is 21.4. The van der Waals surface area contributed by atoms with Gasteiger partial charge in [-0.2, -0.15) is 5.26 Å². The summed E-state index contributed by atoms with van der Waals surface area (Å²) in [5.74, 6) is 2.43. The lowest BCUT2D eigenvalue weighted by Gasteiger charge is -2.20. The second-order valence-electron chi connectivity index (χ2n) is 16.1. The standard InChI is InChI=1S/C55H32N12/c1-33-23-34(32-56)25-39(24-33)40-30-50(66-46-11-7-35(52-58-15-3-16-59-52)26-41(46)42-27-36(8-12-47(42)66)53-60-17-4-18-61-53)51(31-45(40)57-2)67-48-13-9-37(54-62-19-5-20-63-54)28-43(48)44-29-38(10-14-49(44)67)55-64-21-6-22-65-55/h3-31H,1H3. The number of nitrogens with zero attached hydrogens (tertiary/aromatic N) is 12. The molecule has 0 unspecified atom stereocenters. The van der Waals surface area contributed by atoms with Gasteiger partial charge in [-0.05, 0) is 145 Å². The van der Waals surface area contributed by atoms with Crippen molar-refractivity contribution >= 4 is 49.3 Å². The van der Waals surface area contributed by atoms with Gasteiger partial charge >= 0.3 is 0 Å². The van der Waals surface area contributed by atoms with E-state index in [2.05, 4.69) is 115 Å². The summed E-state index contributed by atoms with van der Waals surface area (Å²) < 4.78 is 4.50. The van der Waals surface area contributed by atoms with Crippen molar-refractivity contribution in [3.63, 3.8) is 0 Å². The Balaban J connectivity index is 1.21. The fraction of sp³-hybridized carbons (Fsp3) is 0.0182. The van der Waals surface area contributed by atoms with Crippen molar-refractivity contribution in [3.8, 4) is 74.1 Å². The zero-order valence-electron chi connectivity index (χ0n) is 35.6. The van der Waals surface area contributed by atoms with Gasteiger partial charge in [0.1, 0.15) is 0 Å². The average Bonchev–Trinajstić information content (AvgIpc) is 3.90. The largest absolute Gasteiger partial charge is 0.308 e. The maximum Gasteiger partial charge on any atom is 0.197 e. The summed E-state index contributed by atoms with van der Waals surface area (Å²) in [5.41, 5.74) is 12.0. The van der Waals surface area contributed by atoms with Crippen LogP contribution in [-0.4, -0.2) is 49.0 Å². The fourth-order valence-electron chi connectivity index (χ4n) is 9.17. The number of nitriles is 1.